The van der Waals surface area contributed by atoms with E-state index in [2.05, 4.69) is 9.98 Å². The topological polar surface area (TPSA) is 48.4 Å². The molecule has 1 aromatic heterocycles. The van der Waals surface area contributed by atoms with Crippen LogP contribution in [0.25, 0.3) is 10.9 Å². The summed E-state index contributed by atoms with van der Waals surface area (Å²) < 4.78 is 0. The maximum Gasteiger partial charge on any atom is 0.198 e. The lowest BCUT2D eigenvalue weighted by Gasteiger charge is -1.99. The summed E-state index contributed by atoms with van der Waals surface area (Å²) in [6.45, 7) is 2.00. The molecule has 0 saturated carbocycles. The van der Waals surface area contributed by atoms with Gasteiger partial charge >= 0.3 is 0 Å². The molecule has 2 N–H and O–H groups in total. The highest BCUT2D eigenvalue weighted by atomic mass is 35.5. The van der Waals surface area contributed by atoms with Crippen LogP contribution in [-0.4, -0.2) is 16.3 Å². The second-order valence-electron chi connectivity index (χ2n) is 4.79. The third kappa shape index (κ3) is 2.75. The molecule has 3 rings (SSSR count). The van der Waals surface area contributed by atoms with E-state index >= 15 is 0 Å². The number of aromatic nitrogens is 1. The number of aliphatic imine (C=N–C) groups is 1. The van der Waals surface area contributed by atoms with E-state index in [0.29, 0.717) is 21.3 Å². The lowest BCUT2D eigenvalue weighted by Crippen LogP contribution is -1.80. The van der Waals surface area contributed by atoms with Gasteiger partial charge in [0.2, 0.25) is 0 Å². The number of nitrogens with zero attached hydrogens (tertiary/aromatic N) is 1. The lowest BCUT2D eigenvalue weighted by atomic mass is 10.1. The number of H-pyrrole nitrogens is 1. The van der Waals surface area contributed by atoms with E-state index in [9.17, 15) is 5.11 Å². The van der Waals surface area contributed by atoms with Gasteiger partial charge in [-0.05, 0) is 37.3 Å². The number of nitrogens with one attached hydrogen (secondary N) is 1. The number of hydrogen-bond acceptors (Lipinski definition) is 2. The molecule has 0 radical (unpaired) electrons. The monoisotopic (exact) mass is 318 g/mol. The normalized spacial score (nSPS) is 11.6. The fourth-order valence-electron chi connectivity index (χ4n) is 2.16. The highest BCUT2D eigenvalue weighted by molar-refractivity contribution is 6.36. The van der Waals surface area contributed by atoms with Crippen LogP contribution in [0.15, 0.2) is 41.4 Å². The van der Waals surface area contributed by atoms with Crippen molar-refractivity contribution < 1.29 is 5.11 Å². The summed E-state index contributed by atoms with van der Waals surface area (Å²) in [5.41, 5.74) is 3.21. The van der Waals surface area contributed by atoms with E-state index < -0.39 is 0 Å². The smallest absolute Gasteiger partial charge is 0.198 e. The first-order valence-corrected chi connectivity index (χ1v) is 7.10. The minimum atomic E-state index is 0.0874. The van der Waals surface area contributed by atoms with E-state index in [-0.39, 0.29) is 5.88 Å². The quantitative estimate of drug-likeness (QED) is 0.624. The van der Waals surface area contributed by atoms with E-state index in [1.165, 1.54) is 0 Å². The number of halogens is 2. The average molecular weight is 319 g/mol. The maximum absolute atomic E-state index is 10.0. The van der Waals surface area contributed by atoms with Crippen LogP contribution in [0.3, 0.4) is 0 Å². The predicted molar refractivity (Wildman–Crippen MR) is 88.4 cm³/mol. The second-order valence-corrected chi connectivity index (χ2v) is 5.63. The van der Waals surface area contributed by atoms with Crippen LogP contribution < -0.4 is 0 Å². The molecule has 0 fully saturated rings. The minimum Gasteiger partial charge on any atom is -0.494 e. The molecule has 106 valence electrons. The van der Waals surface area contributed by atoms with Gasteiger partial charge in [-0.1, -0.05) is 34.8 Å². The van der Waals surface area contributed by atoms with Gasteiger partial charge in [-0.2, -0.15) is 0 Å². The second kappa shape index (κ2) is 5.43. The zero-order chi connectivity index (χ0) is 15.0. The SMILES string of the molecule is Cc1ccc2[nH]c(O)c(C=Nc3ccc(Cl)cc3Cl)c2c1. The first kappa shape index (κ1) is 14.0. The van der Waals surface area contributed by atoms with Gasteiger partial charge < -0.3 is 10.1 Å². The summed E-state index contributed by atoms with van der Waals surface area (Å²) in [6, 6.07) is 11.0. The summed E-state index contributed by atoms with van der Waals surface area (Å²) in [7, 11) is 0. The van der Waals surface area contributed by atoms with Crippen LogP contribution in [-0.2, 0) is 0 Å². The number of aromatic hydroxyl groups is 1. The van der Waals surface area contributed by atoms with Gasteiger partial charge in [-0.3, -0.25) is 4.99 Å². The molecule has 1 heterocycles. The third-order valence-corrected chi connectivity index (χ3v) is 3.75. The molecular formula is C16H12Cl2N2O. The Labute approximate surface area is 131 Å². The van der Waals surface area contributed by atoms with Crippen molar-refractivity contribution in [3.63, 3.8) is 0 Å². The Hall–Kier alpha value is -1.97. The fraction of sp³-hybridized carbons (Fsp3) is 0.0625. The Morgan fingerprint density at radius 1 is 1.14 bits per heavy atom. The van der Waals surface area contributed by atoms with Gasteiger partial charge in [-0.15, -0.1) is 0 Å². The molecule has 3 aromatic rings. The number of hydrogen-bond donors (Lipinski definition) is 2. The molecule has 3 nitrogen and oxygen atoms in total. The van der Waals surface area contributed by atoms with E-state index in [1.807, 2.05) is 25.1 Å². The molecule has 0 aliphatic rings. The number of aryl methyl sites for hydroxylation is 1. The van der Waals surface area contributed by atoms with Crippen molar-refractivity contribution in [3.05, 3.63) is 57.6 Å². The zero-order valence-electron chi connectivity index (χ0n) is 11.2. The van der Waals surface area contributed by atoms with Gasteiger partial charge in [0.1, 0.15) is 0 Å². The van der Waals surface area contributed by atoms with Crippen molar-refractivity contribution in [2.24, 2.45) is 4.99 Å². The maximum atomic E-state index is 10.0. The Bertz CT molecular complexity index is 853. The Morgan fingerprint density at radius 3 is 2.71 bits per heavy atom. The van der Waals surface area contributed by atoms with Crippen LogP contribution in [0.1, 0.15) is 11.1 Å². The molecule has 0 saturated heterocycles. The number of benzene rings is 2. The van der Waals surface area contributed by atoms with Gasteiger partial charge in [-0.25, -0.2) is 0 Å². The van der Waals surface area contributed by atoms with Crippen molar-refractivity contribution in [3.8, 4) is 5.88 Å². The number of rotatable bonds is 2. The Kier molecular flexibility index (Phi) is 3.62. The summed E-state index contributed by atoms with van der Waals surface area (Å²) >= 11 is 11.9. The summed E-state index contributed by atoms with van der Waals surface area (Å²) in [5.74, 6) is 0.0874. The lowest BCUT2D eigenvalue weighted by molar-refractivity contribution is 0.457. The molecule has 0 atom stereocenters. The van der Waals surface area contributed by atoms with E-state index in [1.54, 1.807) is 24.4 Å². The molecule has 0 bridgehead atoms. The van der Waals surface area contributed by atoms with Gasteiger partial charge in [0.05, 0.1) is 16.3 Å². The predicted octanol–water partition coefficient (Wildman–Crippen LogP) is 5.24. The molecule has 0 spiro atoms. The zero-order valence-corrected chi connectivity index (χ0v) is 12.7. The van der Waals surface area contributed by atoms with Crippen molar-refractivity contribution in [2.75, 3.05) is 0 Å². The molecule has 0 unspecified atom stereocenters. The van der Waals surface area contributed by atoms with Gasteiger partial charge in [0, 0.05) is 22.1 Å². The average Bonchev–Trinajstić information content (AvgIpc) is 2.73. The molecule has 2 aromatic carbocycles. The molecule has 0 aliphatic carbocycles. The van der Waals surface area contributed by atoms with Crippen molar-refractivity contribution in [1.82, 2.24) is 4.98 Å². The highest BCUT2D eigenvalue weighted by Gasteiger charge is 2.09. The molecular weight excluding hydrogens is 307 g/mol. The molecule has 21 heavy (non-hydrogen) atoms. The van der Waals surface area contributed by atoms with Crippen LogP contribution in [0.4, 0.5) is 5.69 Å². The van der Waals surface area contributed by atoms with Crippen molar-refractivity contribution >= 4 is 46.0 Å². The van der Waals surface area contributed by atoms with Crippen LogP contribution >= 0.6 is 23.2 Å². The number of fused-ring (bicyclic) bond motifs is 1. The largest absolute Gasteiger partial charge is 0.494 e. The van der Waals surface area contributed by atoms with E-state index in [4.69, 9.17) is 23.2 Å². The number of aromatic amines is 1. The van der Waals surface area contributed by atoms with Gasteiger partial charge in [0.25, 0.3) is 0 Å². The first-order valence-electron chi connectivity index (χ1n) is 6.35. The minimum absolute atomic E-state index is 0.0874. The molecule has 0 aliphatic heterocycles. The Morgan fingerprint density at radius 2 is 1.95 bits per heavy atom. The highest BCUT2D eigenvalue weighted by Crippen LogP contribution is 2.30. The van der Waals surface area contributed by atoms with E-state index in [0.717, 1.165) is 16.5 Å². The molecule has 5 heteroatoms. The van der Waals surface area contributed by atoms with Crippen molar-refractivity contribution in [1.29, 1.82) is 0 Å². The summed E-state index contributed by atoms with van der Waals surface area (Å²) in [4.78, 5) is 7.26. The molecule has 0 amide bonds. The van der Waals surface area contributed by atoms with Crippen LogP contribution in [0.2, 0.25) is 10.0 Å². The summed E-state index contributed by atoms with van der Waals surface area (Å²) in [5, 5.41) is 12.0. The van der Waals surface area contributed by atoms with Crippen LogP contribution in [0, 0.1) is 6.92 Å². The van der Waals surface area contributed by atoms with Gasteiger partial charge in [0.15, 0.2) is 5.88 Å². The standard InChI is InChI=1S/C16H12Cl2N2O/c1-9-2-4-14-11(6-9)12(16(21)20-14)8-19-15-5-3-10(17)7-13(15)18/h2-8,20-21H,1H3. The third-order valence-electron chi connectivity index (χ3n) is 3.22. The Balaban J connectivity index is 2.06. The van der Waals surface area contributed by atoms with Crippen molar-refractivity contribution in [2.45, 2.75) is 6.92 Å². The van der Waals surface area contributed by atoms with Crippen LogP contribution in [0.5, 0.6) is 5.88 Å². The summed E-state index contributed by atoms with van der Waals surface area (Å²) in [6.07, 6.45) is 1.60. The fourth-order valence-corrected chi connectivity index (χ4v) is 2.62. The first-order chi connectivity index (χ1) is 10.0.